The molecule has 3 N–H and O–H groups in total. The van der Waals surface area contributed by atoms with Gasteiger partial charge in [-0.05, 0) is 56.2 Å². The van der Waals surface area contributed by atoms with Crippen molar-refractivity contribution in [1.82, 2.24) is 10.6 Å². The predicted molar refractivity (Wildman–Crippen MR) is 119 cm³/mol. The summed E-state index contributed by atoms with van der Waals surface area (Å²) in [4.78, 5) is 4.58. The van der Waals surface area contributed by atoms with Gasteiger partial charge in [0.1, 0.15) is 5.75 Å². The maximum absolute atomic E-state index is 10.4. The van der Waals surface area contributed by atoms with Crippen LogP contribution in [0.15, 0.2) is 29.3 Å². The third kappa shape index (κ3) is 7.31. The van der Waals surface area contributed by atoms with E-state index in [4.69, 9.17) is 4.74 Å². The lowest BCUT2D eigenvalue weighted by Gasteiger charge is -2.29. The van der Waals surface area contributed by atoms with Crippen LogP contribution in [0.5, 0.6) is 5.75 Å². The highest BCUT2D eigenvalue weighted by atomic mass is 127. The van der Waals surface area contributed by atoms with Crippen LogP contribution >= 0.6 is 24.0 Å². The summed E-state index contributed by atoms with van der Waals surface area (Å²) in [5, 5.41) is 17.2. The number of guanidine groups is 1. The van der Waals surface area contributed by atoms with Crippen molar-refractivity contribution in [1.29, 1.82) is 0 Å². The molecule has 0 saturated heterocycles. The summed E-state index contributed by atoms with van der Waals surface area (Å²) < 4.78 is 5.15. The zero-order valence-corrected chi connectivity index (χ0v) is 18.5. The van der Waals surface area contributed by atoms with Crippen LogP contribution in [0, 0.1) is 5.92 Å². The molecule has 1 aromatic carbocycles. The Bertz CT molecular complexity index is 528. The summed E-state index contributed by atoms with van der Waals surface area (Å²) in [5.41, 5.74) is 0.851. The maximum Gasteiger partial charge on any atom is 0.191 e. The minimum absolute atomic E-state index is 0. The topological polar surface area (TPSA) is 65.9 Å². The molecule has 0 bridgehead atoms. The first-order valence-corrected chi connectivity index (χ1v) is 9.53. The van der Waals surface area contributed by atoms with Gasteiger partial charge in [-0.3, -0.25) is 4.99 Å². The average Bonchev–Trinajstić information content (AvgIpc) is 2.66. The summed E-state index contributed by atoms with van der Waals surface area (Å²) in [6.45, 7) is 5.50. The summed E-state index contributed by atoms with van der Waals surface area (Å²) in [7, 11) is 1.64. The number of ether oxygens (including phenoxy) is 1. The fourth-order valence-electron chi connectivity index (χ4n) is 3.34. The van der Waals surface area contributed by atoms with E-state index in [-0.39, 0.29) is 24.0 Å². The number of benzene rings is 1. The summed E-state index contributed by atoms with van der Waals surface area (Å²) >= 11 is 0. The van der Waals surface area contributed by atoms with Gasteiger partial charge < -0.3 is 20.5 Å². The molecule has 1 unspecified atom stereocenters. The number of rotatable bonds is 7. The molecule has 1 aromatic rings. The maximum atomic E-state index is 10.4. The number of hydrogen-bond donors (Lipinski definition) is 3. The Hall–Kier alpha value is -1.02. The lowest BCUT2D eigenvalue weighted by Crippen LogP contribution is -2.45. The normalized spacial score (nSPS) is 21.5. The number of nitrogens with zero attached hydrogens (tertiary/aromatic N) is 1. The van der Waals surface area contributed by atoms with Crippen LogP contribution in [0.3, 0.4) is 0 Å². The van der Waals surface area contributed by atoms with E-state index in [0.717, 1.165) is 29.7 Å². The zero-order chi connectivity index (χ0) is 18.1. The molecule has 0 aliphatic heterocycles. The molecular formula is C20H34IN3O2. The quantitative estimate of drug-likeness (QED) is 0.318. The van der Waals surface area contributed by atoms with Gasteiger partial charge in [0.15, 0.2) is 5.96 Å². The van der Waals surface area contributed by atoms with Gasteiger partial charge in [-0.25, -0.2) is 0 Å². The molecule has 0 aromatic heterocycles. The number of aliphatic hydroxyl groups is 1. The van der Waals surface area contributed by atoms with Gasteiger partial charge in [-0.2, -0.15) is 0 Å². The van der Waals surface area contributed by atoms with Crippen molar-refractivity contribution in [2.45, 2.75) is 58.1 Å². The van der Waals surface area contributed by atoms with Gasteiger partial charge in [-0.1, -0.05) is 25.5 Å². The van der Waals surface area contributed by atoms with Gasteiger partial charge >= 0.3 is 0 Å². The molecule has 1 aliphatic rings. The van der Waals surface area contributed by atoms with Crippen LogP contribution < -0.4 is 15.4 Å². The fourth-order valence-corrected chi connectivity index (χ4v) is 3.34. The summed E-state index contributed by atoms with van der Waals surface area (Å²) in [6, 6.07) is 7.96. The van der Waals surface area contributed by atoms with E-state index in [1.807, 2.05) is 24.3 Å². The van der Waals surface area contributed by atoms with Crippen LogP contribution in [0.4, 0.5) is 0 Å². The lowest BCUT2D eigenvalue weighted by molar-refractivity contribution is 0.187. The van der Waals surface area contributed by atoms with Crippen LogP contribution in [0.1, 0.15) is 57.6 Å². The van der Waals surface area contributed by atoms with Crippen LogP contribution in [0.25, 0.3) is 0 Å². The molecule has 5 nitrogen and oxygen atoms in total. The first-order valence-electron chi connectivity index (χ1n) is 9.53. The number of aliphatic hydroxyl groups excluding tert-OH is 1. The van der Waals surface area contributed by atoms with E-state index < -0.39 is 6.10 Å². The smallest absolute Gasteiger partial charge is 0.191 e. The van der Waals surface area contributed by atoms with E-state index in [1.54, 1.807) is 7.11 Å². The van der Waals surface area contributed by atoms with E-state index in [1.165, 1.54) is 32.1 Å². The fraction of sp³-hybridized carbons (Fsp3) is 0.650. The van der Waals surface area contributed by atoms with E-state index in [2.05, 4.69) is 29.5 Å². The first-order chi connectivity index (χ1) is 12.2. The molecule has 0 spiro atoms. The molecule has 26 heavy (non-hydrogen) atoms. The number of methoxy groups -OCH3 is 1. The Morgan fingerprint density at radius 3 is 2.38 bits per heavy atom. The Kier molecular flexibility index (Phi) is 11.0. The molecule has 0 amide bonds. The largest absolute Gasteiger partial charge is 0.497 e. The monoisotopic (exact) mass is 475 g/mol. The van der Waals surface area contributed by atoms with Gasteiger partial charge in [-0.15, -0.1) is 24.0 Å². The third-order valence-corrected chi connectivity index (χ3v) is 5.03. The number of aliphatic imine (C=N–C) groups is 1. The van der Waals surface area contributed by atoms with Crippen molar-refractivity contribution in [2.24, 2.45) is 10.9 Å². The third-order valence-electron chi connectivity index (χ3n) is 5.03. The van der Waals surface area contributed by atoms with Crippen LogP contribution in [-0.2, 0) is 0 Å². The SMILES string of the molecule is CCNC(=NCC(O)c1ccc(OC)cc1)NC1CCC(CC)CC1.I. The second-order valence-corrected chi connectivity index (χ2v) is 6.78. The Balaban J connectivity index is 0.00000338. The van der Waals surface area contributed by atoms with Crippen molar-refractivity contribution in [3.8, 4) is 5.75 Å². The van der Waals surface area contributed by atoms with Gasteiger partial charge in [0, 0.05) is 12.6 Å². The van der Waals surface area contributed by atoms with Gasteiger partial charge in [0.25, 0.3) is 0 Å². The highest BCUT2D eigenvalue weighted by molar-refractivity contribution is 14.0. The van der Waals surface area contributed by atoms with Crippen molar-refractivity contribution in [3.63, 3.8) is 0 Å². The van der Waals surface area contributed by atoms with Crippen LogP contribution in [-0.4, -0.2) is 37.3 Å². The average molecular weight is 475 g/mol. The van der Waals surface area contributed by atoms with Crippen molar-refractivity contribution < 1.29 is 9.84 Å². The summed E-state index contributed by atoms with van der Waals surface area (Å²) in [5.74, 6) is 2.47. The van der Waals surface area contributed by atoms with Gasteiger partial charge in [0.2, 0.25) is 0 Å². The second kappa shape index (κ2) is 12.4. The summed E-state index contributed by atoms with van der Waals surface area (Å²) in [6.07, 6.45) is 5.66. The van der Waals surface area contributed by atoms with Crippen molar-refractivity contribution in [3.05, 3.63) is 29.8 Å². The predicted octanol–water partition coefficient (Wildman–Crippen LogP) is 3.87. The molecule has 1 fully saturated rings. The number of nitrogens with one attached hydrogen (secondary N) is 2. The molecule has 1 aliphatic carbocycles. The molecule has 1 saturated carbocycles. The lowest BCUT2D eigenvalue weighted by atomic mass is 9.84. The molecule has 148 valence electrons. The van der Waals surface area contributed by atoms with Crippen molar-refractivity contribution in [2.75, 3.05) is 20.2 Å². The van der Waals surface area contributed by atoms with Gasteiger partial charge in [0.05, 0.1) is 19.8 Å². The Labute approximate surface area is 175 Å². The molecule has 1 atom stereocenters. The molecule has 0 radical (unpaired) electrons. The highest BCUT2D eigenvalue weighted by Gasteiger charge is 2.20. The molecule has 2 rings (SSSR count). The molecular weight excluding hydrogens is 441 g/mol. The Morgan fingerprint density at radius 1 is 1.19 bits per heavy atom. The number of halogens is 1. The molecule has 6 heteroatoms. The minimum atomic E-state index is -0.614. The van der Waals surface area contributed by atoms with Crippen LogP contribution in [0.2, 0.25) is 0 Å². The van der Waals surface area contributed by atoms with E-state index in [9.17, 15) is 5.11 Å². The highest BCUT2D eigenvalue weighted by Crippen LogP contribution is 2.26. The standard InChI is InChI=1S/C20H33N3O2.HI/c1-4-15-6-10-17(11-7-15)23-20(21-5-2)22-14-19(24)16-8-12-18(25-3)13-9-16;/h8-9,12-13,15,17,19,24H,4-7,10-11,14H2,1-3H3,(H2,21,22,23);1H. The molecule has 0 heterocycles. The number of hydrogen-bond acceptors (Lipinski definition) is 3. The van der Waals surface area contributed by atoms with Crippen molar-refractivity contribution >= 4 is 29.9 Å². The second-order valence-electron chi connectivity index (χ2n) is 6.78. The minimum Gasteiger partial charge on any atom is -0.497 e. The Morgan fingerprint density at radius 2 is 1.85 bits per heavy atom. The van der Waals surface area contributed by atoms with E-state index >= 15 is 0 Å². The zero-order valence-electron chi connectivity index (χ0n) is 16.2. The first kappa shape index (κ1) is 23.0. The van der Waals surface area contributed by atoms with E-state index in [0.29, 0.717) is 12.6 Å².